The number of carboxylic acids is 1. The van der Waals surface area contributed by atoms with Crippen molar-refractivity contribution in [2.75, 3.05) is 12.9 Å². The van der Waals surface area contributed by atoms with Gasteiger partial charge in [-0.3, -0.25) is 9.20 Å². The Kier molecular flexibility index (Phi) is 7.22. The second-order valence-corrected chi connectivity index (χ2v) is 12.4. The zero-order chi connectivity index (χ0) is 29.1. The van der Waals surface area contributed by atoms with Crippen molar-refractivity contribution in [1.29, 1.82) is 0 Å². The third-order valence-electron chi connectivity index (χ3n) is 7.98. The van der Waals surface area contributed by atoms with Gasteiger partial charge >= 0.3 is 12.1 Å². The molecule has 0 bridgehead atoms. The monoisotopic (exact) mass is 585 g/mol. The first-order valence-corrected chi connectivity index (χ1v) is 14.9. The number of hydrogen-bond acceptors (Lipinski definition) is 9. The molecule has 10 nitrogen and oxygen atoms in total. The number of carbonyl (C=O) groups excluding carboxylic acids is 2. The molecule has 1 aromatic carbocycles. The number of carboxylic acid groups (broad SMARTS) is 1. The summed E-state index contributed by atoms with van der Waals surface area (Å²) in [5.74, 6) is -2.02. The smallest absolute Gasteiger partial charge is 0.477 e. The fourth-order valence-corrected chi connectivity index (χ4v) is 7.90. The first kappa shape index (κ1) is 28.2. The average molecular weight is 586 g/mol. The molecule has 40 heavy (non-hydrogen) atoms. The van der Waals surface area contributed by atoms with Crippen molar-refractivity contribution >= 4 is 51.5 Å². The molecule has 1 amide bonds. The van der Waals surface area contributed by atoms with E-state index in [2.05, 4.69) is 4.98 Å². The summed E-state index contributed by atoms with van der Waals surface area (Å²) < 4.78 is 12.8. The van der Waals surface area contributed by atoms with E-state index in [1.165, 1.54) is 34.9 Å². The lowest BCUT2D eigenvalue weighted by atomic mass is 9.66. The second-order valence-electron chi connectivity index (χ2n) is 10.6. The molecule has 2 aliphatic rings. The third-order valence-corrected chi connectivity index (χ3v) is 9.92. The highest BCUT2D eigenvalue weighted by molar-refractivity contribution is 7.98. The molecule has 5 rings (SSSR count). The Morgan fingerprint density at radius 3 is 2.65 bits per heavy atom. The van der Waals surface area contributed by atoms with E-state index >= 15 is 0 Å². The van der Waals surface area contributed by atoms with Gasteiger partial charge in [0.05, 0.1) is 29.5 Å². The molecule has 212 valence electrons. The van der Waals surface area contributed by atoms with E-state index < -0.39 is 41.5 Å². The fourth-order valence-electron chi connectivity index (χ4n) is 5.94. The number of nitrogens with zero attached hydrogens (tertiary/aromatic N) is 3. The van der Waals surface area contributed by atoms with Crippen LogP contribution < -0.4 is 4.74 Å². The number of β-lactam (4-membered cyclic amide) rings is 1. The summed E-state index contributed by atoms with van der Waals surface area (Å²) in [5, 5.41) is 21.6. The van der Waals surface area contributed by atoms with Gasteiger partial charge in [-0.25, -0.2) is 14.6 Å². The standard InChI is InChI=1S/C28H31N3O7S2/c1-13-9-14(2)15(3)17(10-13)38-27(36)37-8-7-28(5)20(18-11-30-12-29-23(39-6)25(30)40-18)21(26(34)35)31-22(28)19(16(4)32)24(31)33/h9-12,16,19,22,32H,7-8H2,1-6H3,(H,34,35)/t16-,19-,22-,28?/m1/s1. The maximum absolute atomic E-state index is 13.1. The van der Waals surface area contributed by atoms with Crippen LogP contribution in [-0.4, -0.2) is 67.5 Å². The van der Waals surface area contributed by atoms with Crippen LogP contribution in [0.4, 0.5) is 4.79 Å². The van der Waals surface area contributed by atoms with Gasteiger partial charge in [0.2, 0.25) is 5.91 Å². The molecule has 0 spiro atoms. The van der Waals surface area contributed by atoms with Crippen LogP contribution >= 0.6 is 23.1 Å². The van der Waals surface area contributed by atoms with Crippen LogP contribution in [0.1, 0.15) is 41.8 Å². The molecule has 2 N–H and O–H groups in total. The number of ether oxygens (including phenoxy) is 2. The maximum atomic E-state index is 13.1. The Morgan fingerprint density at radius 2 is 2.00 bits per heavy atom. The zero-order valence-corrected chi connectivity index (χ0v) is 24.7. The van der Waals surface area contributed by atoms with Crippen molar-refractivity contribution in [3.8, 4) is 5.75 Å². The first-order chi connectivity index (χ1) is 18.9. The molecule has 2 aliphatic heterocycles. The van der Waals surface area contributed by atoms with Crippen molar-refractivity contribution in [2.24, 2.45) is 11.3 Å². The number of imidazole rings is 1. The number of benzene rings is 1. The highest BCUT2D eigenvalue weighted by Crippen LogP contribution is 2.60. The Hall–Kier alpha value is -3.35. The van der Waals surface area contributed by atoms with Gasteiger partial charge in [0.15, 0.2) is 0 Å². The Morgan fingerprint density at radius 1 is 1.27 bits per heavy atom. The minimum Gasteiger partial charge on any atom is -0.477 e. The molecule has 1 saturated heterocycles. The molecule has 2 aromatic heterocycles. The highest BCUT2D eigenvalue weighted by atomic mass is 32.2. The lowest BCUT2D eigenvalue weighted by Crippen LogP contribution is -2.66. The summed E-state index contributed by atoms with van der Waals surface area (Å²) in [6, 6.07) is 3.16. The Labute approximate surface area is 239 Å². The summed E-state index contributed by atoms with van der Waals surface area (Å²) in [5.41, 5.74) is 2.21. The number of thiazole rings is 1. The van der Waals surface area contributed by atoms with Crippen molar-refractivity contribution < 1.29 is 34.1 Å². The normalized spacial score (nSPS) is 22.9. The number of amides is 1. The number of aliphatic hydroxyl groups is 1. The first-order valence-electron chi connectivity index (χ1n) is 12.8. The van der Waals surface area contributed by atoms with Crippen LogP contribution in [0.5, 0.6) is 5.75 Å². The number of aryl methyl sites for hydroxylation is 2. The van der Waals surface area contributed by atoms with E-state index in [1.54, 1.807) is 12.4 Å². The van der Waals surface area contributed by atoms with Gasteiger partial charge in [-0.1, -0.05) is 13.0 Å². The summed E-state index contributed by atoms with van der Waals surface area (Å²) in [6.07, 6.45) is 3.76. The number of thioether (sulfide) groups is 1. The average Bonchev–Trinajstić information content (AvgIpc) is 3.50. The number of carbonyl (C=O) groups is 3. The van der Waals surface area contributed by atoms with E-state index in [9.17, 15) is 24.6 Å². The summed E-state index contributed by atoms with van der Waals surface area (Å²) in [7, 11) is 0. The fraction of sp³-hybridized carbons (Fsp3) is 0.429. The summed E-state index contributed by atoms with van der Waals surface area (Å²) in [4.78, 5) is 45.6. The predicted molar refractivity (Wildman–Crippen MR) is 151 cm³/mol. The molecule has 4 atom stereocenters. The number of aromatic nitrogens is 2. The van der Waals surface area contributed by atoms with Gasteiger partial charge < -0.3 is 24.6 Å². The number of aliphatic carboxylic acids is 1. The van der Waals surface area contributed by atoms with Crippen molar-refractivity contribution in [1.82, 2.24) is 14.3 Å². The van der Waals surface area contributed by atoms with Crippen LogP contribution in [-0.2, 0) is 14.3 Å². The third kappa shape index (κ3) is 4.38. The minimum atomic E-state index is -1.23. The van der Waals surface area contributed by atoms with Crippen LogP contribution in [0.25, 0.3) is 10.4 Å². The van der Waals surface area contributed by atoms with Gasteiger partial charge in [0, 0.05) is 17.2 Å². The molecule has 4 heterocycles. The molecule has 0 radical (unpaired) electrons. The second kappa shape index (κ2) is 10.2. The zero-order valence-electron chi connectivity index (χ0n) is 23.0. The number of fused-ring (bicyclic) bond motifs is 2. The van der Waals surface area contributed by atoms with Crippen LogP contribution in [0.15, 0.2) is 35.4 Å². The maximum Gasteiger partial charge on any atom is 0.513 e. The molecular formula is C28H31N3O7S2. The SMILES string of the molecule is CSc1ncn2cc(C3=C(C(=O)O)N4C(=O)[C@H]([C@@H](C)O)[C@@H]4C3(C)CCOC(=O)Oc3cc(C)cc(C)c3C)sc12. The van der Waals surface area contributed by atoms with Gasteiger partial charge in [-0.15, -0.1) is 23.1 Å². The van der Waals surface area contributed by atoms with Crippen molar-refractivity contribution in [3.63, 3.8) is 0 Å². The van der Waals surface area contributed by atoms with Crippen molar-refractivity contribution in [2.45, 2.75) is 58.2 Å². The van der Waals surface area contributed by atoms with Gasteiger partial charge in [-0.2, -0.15) is 0 Å². The molecular weight excluding hydrogens is 554 g/mol. The molecule has 12 heteroatoms. The lowest BCUT2D eigenvalue weighted by molar-refractivity contribution is -0.167. The van der Waals surface area contributed by atoms with E-state index in [-0.39, 0.29) is 18.7 Å². The van der Waals surface area contributed by atoms with Gasteiger partial charge in [-0.05, 0) is 63.1 Å². The Bertz CT molecular complexity index is 1570. The van der Waals surface area contributed by atoms with E-state index in [4.69, 9.17) is 9.47 Å². The molecule has 1 fully saturated rings. The molecule has 0 saturated carbocycles. The van der Waals surface area contributed by atoms with Gasteiger partial charge in [0.25, 0.3) is 0 Å². The van der Waals surface area contributed by atoms with Crippen LogP contribution in [0, 0.1) is 32.1 Å². The van der Waals surface area contributed by atoms with E-state index in [0.29, 0.717) is 16.2 Å². The molecule has 1 unspecified atom stereocenters. The lowest BCUT2D eigenvalue weighted by Gasteiger charge is -2.50. The van der Waals surface area contributed by atoms with Gasteiger partial charge in [0.1, 0.15) is 27.6 Å². The predicted octanol–water partition coefficient (Wildman–Crippen LogP) is 4.67. The van der Waals surface area contributed by atoms with Crippen molar-refractivity contribution in [3.05, 3.63) is 51.9 Å². The summed E-state index contributed by atoms with van der Waals surface area (Å²) in [6.45, 7) is 9.02. The number of rotatable bonds is 8. The van der Waals surface area contributed by atoms with Crippen LogP contribution in [0.2, 0.25) is 0 Å². The molecule has 3 aromatic rings. The van der Waals surface area contributed by atoms with E-state index in [0.717, 1.165) is 26.5 Å². The number of aliphatic hydroxyl groups excluding tert-OH is 1. The number of hydrogen-bond donors (Lipinski definition) is 2. The molecule has 0 aliphatic carbocycles. The topological polar surface area (TPSA) is 131 Å². The highest BCUT2D eigenvalue weighted by Gasteiger charge is 2.66. The largest absolute Gasteiger partial charge is 0.513 e. The van der Waals surface area contributed by atoms with Crippen LogP contribution in [0.3, 0.4) is 0 Å². The minimum absolute atomic E-state index is 0.0808. The summed E-state index contributed by atoms with van der Waals surface area (Å²) >= 11 is 2.87. The Balaban J connectivity index is 1.47. The quantitative estimate of drug-likeness (QED) is 0.168. The van der Waals surface area contributed by atoms with E-state index in [1.807, 2.05) is 50.6 Å².